The largest absolute Gasteiger partial charge is 0.489 e. The number of halogens is 6. The molecule has 0 radical (unpaired) electrons. The Balaban J connectivity index is 1.90. The number of carboxylic acids is 1. The Hall–Kier alpha value is -4.14. The molecule has 1 aromatic heterocycles. The molecule has 1 heterocycles. The zero-order chi connectivity index (χ0) is 25.8. The van der Waals surface area contributed by atoms with Crippen LogP contribution >= 0.6 is 0 Å². The summed E-state index contributed by atoms with van der Waals surface area (Å²) < 4.78 is 85.6. The quantitative estimate of drug-likeness (QED) is 0.197. The van der Waals surface area contributed by atoms with Crippen molar-refractivity contribution in [3.63, 3.8) is 0 Å². The number of carboxylic acid groups (broad SMARTS) is 1. The molecule has 1 N–H and O–H groups in total. The predicted molar refractivity (Wildman–Crippen MR) is 113 cm³/mol. The first-order chi connectivity index (χ1) is 16.4. The number of ether oxygens (including phenoxy) is 1. The number of carbonyl (C=O) groups is 1. The van der Waals surface area contributed by atoms with E-state index in [1.807, 2.05) is 0 Å². The van der Waals surface area contributed by atoms with E-state index in [1.54, 1.807) is 16.8 Å². The molecule has 3 aromatic rings. The predicted octanol–water partition coefficient (Wildman–Crippen LogP) is 5.33. The lowest BCUT2D eigenvalue weighted by Gasteiger charge is -2.15. The summed E-state index contributed by atoms with van der Waals surface area (Å²) in [4.78, 5) is 15.2. The van der Waals surface area contributed by atoms with Crippen molar-refractivity contribution < 1.29 is 45.8 Å². The van der Waals surface area contributed by atoms with Gasteiger partial charge in [0.05, 0.1) is 23.9 Å². The maximum absolute atomic E-state index is 13.1. The first-order valence-electron chi connectivity index (χ1n) is 9.73. The van der Waals surface area contributed by atoms with E-state index in [0.29, 0.717) is 28.6 Å². The van der Waals surface area contributed by atoms with Gasteiger partial charge in [-0.2, -0.15) is 26.3 Å². The number of terminal acetylenes is 1. The molecule has 12 heteroatoms. The molecule has 0 saturated heterocycles. The van der Waals surface area contributed by atoms with Gasteiger partial charge in [0.1, 0.15) is 12.4 Å². The molecule has 35 heavy (non-hydrogen) atoms. The summed E-state index contributed by atoms with van der Waals surface area (Å²) in [5.41, 5.74) is -2.10. The fraction of sp³-hybridized carbons (Fsp3) is 0.217. The summed E-state index contributed by atoms with van der Waals surface area (Å²) >= 11 is 0. The Kier molecular flexibility index (Phi) is 7.28. The van der Waals surface area contributed by atoms with E-state index in [9.17, 15) is 31.1 Å². The van der Waals surface area contributed by atoms with Crippen molar-refractivity contribution in [1.29, 1.82) is 0 Å². The second-order valence-electron chi connectivity index (χ2n) is 7.20. The van der Waals surface area contributed by atoms with Gasteiger partial charge in [-0.25, -0.2) is 4.79 Å². The minimum Gasteiger partial charge on any atom is -0.489 e. The summed E-state index contributed by atoms with van der Waals surface area (Å²) in [7, 11) is 0. The summed E-state index contributed by atoms with van der Waals surface area (Å²) in [6, 6.07) is 5.81. The van der Waals surface area contributed by atoms with Crippen molar-refractivity contribution in [2.45, 2.75) is 25.5 Å². The van der Waals surface area contributed by atoms with Gasteiger partial charge < -0.3 is 19.2 Å². The third-order valence-electron chi connectivity index (χ3n) is 4.65. The molecule has 2 aromatic carbocycles. The minimum atomic E-state index is -4.97. The number of hydrogen-bond acceptors (Lipinski definition) is 4. The van der Waals surface area contributed by atoms with Gasteiger partial charge in [0.2, 0.25) is 6.61 Å². The maximum Gasteiger partial charge on any atom is 0.416 e. The van der Waals surface area contributed by atoms with E-state index in [0.717, 1.165) is 0 Å². The zero-order valence-electron chi connectivity index (χ0n) is 17.7. The number of aromatic nitrogens is 1. The second kappa shape index (κ2) is 10.0. The van der Waals surface area contributed by atoms with Crippen LogP contribution in [0.15, 0.2) is 47.8 Å². The van der Waals surface area contributed by atoms with Gasteiger partial charge in [0.25, 0.3) is 0 Å². The van der Waals surface area contributed by atoms with Crippen molar-refractivity contribution in [2.24, 2.45) is 5.16 Å². The molecule has 6 nitrogen and oxygen atoms in total. The molecule has 0 saturated carbocycles. The van der Waals surface area contributed by atoms with Crippen LogP contribution in [0.5, 0.6) is 5.75 Å². The van der Waals surface area contributed by atoms with Crippen LogP contribution in [0.2, 0.25) is 0 Å². The summed E-state index contributed by atoms with van der Waals surface area (Å²) in [5, 5.41) is 12.7. The highest BCUT2D eigenvalue weighted by Gasteiger charge is 2.36. The number of benzene rings is 2. The highest BCUT2D eigenvalue weighted by Crippen LogP contribution is 2.36. The average Bonchev–Trinajstić information content (AvgIpc) is 3.11. The lowest BCUT2D eigenvalue weighted by atomic mass is 10.1. The van der Waals surface area contributed by atoms with E-state index in [2.05, 4.69) is 15.9 Å². The molecular weight excluding hydrogens is 482 g/mol. The van der Waals surface area contributed by atoms with E-state index in [-0.39, 0.29) is 23.9 Å². The minimum absolute atomic E-state index is 0.0435. The Labute approximate surface area is 194 Å². The Morgan fingerprint density at radius 1 is 1.09 bits per heavy atom. The monoisotopic (exact) mass is 498 g/mol. The number of hydrogen-bond donors (Lipinski definition) is 1. The smallest absolute Gasteiger partial charge is 0.416 e. The Bertz CT molecular complexity index is 1270. The summed E-state index contributed by atoms with van der Waals surface area (Å²) in [5.74, 6) is 1.39. The first kappa shape index (κ1) is 25.5. The van der Waals surface area contributed by atoms with Crippen LogP contribution in [-0.4, -0.2) is 28.5 Å². The summed E-state index contributed by atoms with van der Waals surface area (Å²) in [6.07, 6.45) is -1.71. The van der Waals surface area contributed by atoms with Crippen molar-refractivity contribution in [2.75, 3.05) is 6.61 Å². The topological polar surface area (TPSA) is 73.1 Å². The number of fused-ring (bicyclic) bond motifs is 1. The number of aliphatic carboxylic acids is 1. The fourth-order valence-electron chi connectivity index (χ4n) is 3.18. The first-order valence-corrected chi connectivity index (χ1v) is 9.73. The van der Waals surface area contributed by atoms with E-state index >= 15 is 0 Å². The number of nitrogens with zero attached hydrogens (tertiary/aromatic N) is 2. The van der Waals surface area contributed by atoms with E-state index < -0.39 is 42.7 Å². The third-order valence-corrected chi connectivity index (χ3v) is 4.65. The molecule has 0 amide bonds. The van der Waals surface area contributed by atoms with Crippen LogP contribution in [-0.2, 0) is 35.1 Å². The van der Waals surface area contributed by atoms with Gasteiger partial charge in [-0.1, -0.05) is 11.1 Å². The zero-order valence-corrected chi connectivity index (χ0v) is 17.7. The number of alkyl halides is 6. The van der Waals surface area contributed by atoms with Crippen LogP contribution in [0.1, 0.15) is 22.3 Å². The van der Waals surface area contributed by atoms with Crippen molar-refractivity contribution in [3.05, 3.63) is 64.8 Å². The standard InChI is InChI=1S/C23H16F6N2O4/c1-2-5-31-11-15(10-30-35-13-21(32)33)19-9-18(3-4-20(19)31)34-12-14-6-16(22(24,25)26)8-17(7-14)23(27,28)29/h1,3-4,6-11H,5,12-13H2,(H,32,33)/b30-10+. The molecule has 0 unspecified atom stereocenters. The molecule has 0 spiro atoms. The third kappa shape index (κ3) is 6.47. The number of oxime groups is 1. The molecule has 3 rings (SSSR count). The van der Waals surface area contributed by atoms with E-state index in [4.69, 9.17) is 16.3 Å². The molecule has 0 bridgehead atoms. The van der Waals surface area contributed by atoms with Crippen molar-refractivity contribution in [3.8, 4) is 18.1 Å². The highest BCUT2D eigenvalue weighted by molar-refractivity contribution is 6.00. The van der Waals surface area contributed by atoms with Gasteiger partial charge in [-0.15, -0.1) is 6.42 Å². The van der Waals surface area contributed by atoms with Crippen molar-refractivity contribution >= 4 is 23.1 Å². The fourth-order valence-corrected chi connectivity index (χ4v) is 3.18. The van der Waals surface area contributed by atoms with Gasteiger partial charge in [0.15, 0.2) is 0 Å². The van der Waals surface area contributed by atoms with Crippen LogP contribution in [0, 0.1) is 12.3 Å². The molecule has 0 aliphatic rings. The molecular formula is C23H16F6N2O4. The molecule has 0 aliphatic carbocycles. The van der Waals surface area contributed by atoms with Gasteiger partial charge in [-0.05, 0) is 42.0 Å². The van der Waals surface area contributed by atoms with Crippen LogP contribution < -0.4 is 4.74 Å². The van der Waals surface area contributed by atoms with Crippen molar-refractivity contribution in [1.82, 2.24) is 4.57 Å². The number of rotatable bonds is 8. The maximum atomic E-state index is 13.1. The SMILES string of the molecule is C#CCn1cc(/C=N/OCC(=O)O)c2cc(OCc3cc(C(F)(F)F)cc(C(F)(F)F)c3)ccc21. The van der Waals surface area contributed by atoms with Crippen LogP contribution in [0.25, 0.3) is 10.9 Å². The second-order valence-corrected chi connectivity index (χ2v) is 7.20. The van der Waals surface area contributed by atoms with E-state index in [1.165, 1.54) is 18.3 Å². The van der Waals surface area contributed by atoms with Gasteiger partial charge in [-0.3, -0.25) is 0 Å². The van der Waals surface area contributed by atoms with Crippen LogP contribution in [0.4, 0.5) is 26.3 Å². The van der Waals surface area contributed by atoms with Gasteiger partial charge in [0, 0.05) is 22.7 Å². The highest BCUT2D eigenvalue weighted by atomic mass is 19.4. The normalized spacial score (nSPS) is 12.1. The average molecular weight is 498 g/mol. The molecule has 0 fully saturated rings. The summed E-state index contributed by atoms with van der Waals surface area (Å²) in [6.45, 7) is -1.04. The molecule has 184 valence electrons. The van der Waals surface area contributed by atoms with Crippen LogP contribution in [0.3, 0.4) is 0 Å². The Morgan fingerprint density at radius 3 is 2.31 bits per heavy atom. The lowest BCUT2D eigenvalue weighted by molar-refractivity contribution is -0.144. The molecule has 0 aliphatic heterocycles. The molecule has 0 atom stereocenters. The Morgan fingerprint density at radius 2 is 1.74 bits per heavy atom. The van der Waals surface area contributed by atoms with Gasteiger partial charge >= 0.3 is 18.3 Å². The lowest BCUT2D eigenvalue weighted by Crippen LogP contribution is -2.12.